The zero-order valence-corrected chi connectivity index (χ0v) is 20.6. The van der Waals surface area contributed by atoms with Crippen molar-refractivity contribution in [1.29, 1.82) is 0 Å². The summed E-state index contributed by atoms with van der Waals surface area (Å²) in [6.07, 6.45) is -0.732. The lowest BCUT2D eigenvalue weighted by molar-refractivity contribution is 0.0841. The normalized spacial score (nSPS) is 14.3. The third-order valence-electron chi connectivity index (χ3n) is 6.96. The number of hydrogen-bond donors (Lipinski definition) is 2. The lowest BCUT2D eigenvalue weighted by atomic mass is 9.68. The Kier molecular flexibility index (Phi) is 6.84. The fourth-order valence-electron chi connectivity index (χ4n) is 5.28. The van der Waals surface area contributed by atoms with Gasteiger partial charge in [-0.1, -0.05) is 66.7 Å². The number of phenols is 1. The standard InChI is InChI=1S/C31H28O6/c1-35-25-13-7-8-14-26(25)37-28(18-32)29(19-15-16-24(33)27(17-19)36-2)30-20-9-3-5-11-22(20)31(34)23-12-6-4-10-21(23)30/h3-17,28-30,32-33H,18H2,1-2H3/t28-,29+/m1/s1. The first-order valence-corrected chi connectivity index (χ1v) is 12.1. The second kappa shape index (κ2) is 10.4. The lowest BCUT2D eigenvalue weighted by Gasteiger charge is -2.38. The average molecular weight is 497 g/mol. The molecule has 6 heteroatoms. The molecule has 0 heterocycles. The highest BCUT2D eigenvalue weighted by Crippen LogP contribution is 2.48. The van der Waals surface area contributed by atoms with E-state index < -0.39 is 12.0 Å². The number of carbonyl (C=O) groups is 1. The van der Waals surface area contributed by atoms with E-state index in [1.54, 1.807) is 37.4 Å². The zero-order chi connectivity index (χ0) is 25.9. The number of phenolic OH excluding ortho intramolecular Hbond substituents is 1. The molecule has 5 rings (SSSR count). The summed E-state index contributed by atoms with van der Waals surface area (Å²) in [7, 11) is 3.06. The van der Waals surface area contributed by atoms with E-state index in [0.29, 0.717) is 28.4 Å². The number of aliphatic hydroxyl groups is 1. The van der Waals surface area contributed by atoms with Crippen molar-refractivity contribution in [2.45, 2.75) is 17.9 Å². The van der Waals surface area contributed by atoms with Gasteiger partial charge in [-0.05, 0) is 41.0 Å². The Labute approximate surface area is 215 Å². The molecule has 188 valence electrons. The molecular weight excluding hydrogens is 468 g/mol. The van der Waals surface area contributed by atoms with Crippen LogP contribution in [-0.4, -0.2) is 42.9 Å². The maximum absolute atomic E-state index is 13.4. The number of carbonyl (C=O) groups excluding carboxylic acids is 1. The maximum Gasteiger partial charge on any atom is 0.193 e. The molecule has 0 unspecified atom stereocenters. The fourth-order valence-corrected chi connectivity index (χ4v) is 5.28. The van der Waals surface area contributed by atoms with Gasteiger partial charge in [0.1, 0.15) is 6.10 Å². The van der Waals surface area contributed by atoms with Crippen LogP contribution in [0.15, 0.2) is 91.0 Å². The molecule has 1 aliphatic rings. The van der Waals surface area contributed by atoms with E-state index in [-0.39, 0.29) is 24.1 Å². The number of hydrogen-bond acceptors (Lipinski definition) is 6. The Morgan fingerprint density at radius 2 is 1.32 bits per heavy atom. The van der Waals surface area contributed by atoms with Crippen LogP contribution >= 0.6 is 0 Å². The third-order valence-corrected chi connectivity index (χ3v) is 6.96. The van der Waals surface area contributed by atoms with Crippen molar-refractivity contribution in [1.82, 2.24) is 0 Å². The predicted molar refractivity (Wildman–Crippen MR) is 140 cm³/mol. The van der Waals surface area contributed by atoms with E-state index in [9.17, 15) is 15.0 Å². The highest BCUT2D eigenvalue weighted by molar-refractivity contribution is 6.12. The monoisotopic (exact) mass is 496 g/mol. The number of benzene rings is 4. The summed E-state index contributed by atoms with van der Waals surface area (Å²) in [5, 5.41) is 21.0. The molecular formula is C31H28O6. The van der Waals surface area contributed by atoms with E-state index in [1.165, 1.54) is 7.11 Å². The van der Waals surface area contributed by atoms with E-state index >= 15 is 0 Å². The fraction of sp³-hybridized carbons (Fsp3) is 0.194. The minimum atomic E-state index is -0.732. The first-order valence-electron chi connectivity index (χ1n) is 12.1. The van der Waals surface area contributed by atoms with Crippen LogP contribution in [-0.2, 0) is 0 Å². The van der Waals surface area contributed by atoms with Crippen LogP contribution in [0.3, 0.4) is 0 Å². The van der Waals surface area contributed by atoms with Crippen molar-refractivity contribution < 1.29 is 29.2 Å². The quantitative estimate of drug-likeness (QED) is 0.344. The summed E-state index contributed by atoms with van der Waals surface area (Å²) in [5.74, 6) is 0.540. The molecule has 0 saturated heterocycles. The summed E-state index contributed by atoms with van der Waals surface area (Å²) in [6, 6.07) is 27.5. The van der Waals surface area contributed by atoms with Crippen LogP contribution < -0.4 is 14.2 Å². The Balaban J connectivity index is 1.73. The topological polar surface area (TPSA) is 85.2 Å². The second-order valence-corrected chi connectivity index (χ2v) is 8.93. The van der Waals surface area contributed by atoms with Gasteiger partial charge in [-0.15, -0.1) is 0 Å². The van der Waals surface area contributed by atoms with Gasteiger partial charge in [0.05, 0.1) is 20.8 Å². The second-order valence-electron chi connectivity index (χ2n) is 8.93. The minimum Gasteiger partial charge on any atom is -0.504 e. The Bertz CT molecular complexity index is 1380. The van der Waals surface area contributed by atoms with E-state index in [1.807, 2.05) is 60.7 Å². The van der Waals surface area contributed by atoms with Gasteiger partial charge in [-0.2, -0.15) is 0 Å². The molecule has 1 aliphatic carbocycles. The lowest BCUT2D eigenvalue weighted by Crippen LogP contribution is -2.36. The van der Waals surface area contributed by atoms with Crippen molar-refractivity contribution in [2.75, 3.05) is 20.8 Å². The van der Waals surface area contributed by atoms with Crippen LogP contribution in [0.2, 0.25) is 0 Å². The molecule has 0 radical (unpaired) electrons. The van der Waals surface area contributed by atoms with Gasteiger partial charge >= 0.3 is 0 Å². The zero-order valence-electron chi connectivity index (χ0n) is 20.6. The maximum atomic E-state index is 13.4. The predicted octanol–water partition coefficient (Wildman–Crippen LogP) is 5.31. The number of ether oxygens (including phenoxy) is 3. The van der Waals surface area contributed by atoms with Crippen LogP contribution in [0, 0.1) is 0 Å². The van der Waals surface area contributed by atoms with Crippen molar-refractivity contribution in [3.8, 4) is 23.0 Å². The van der Waals surface area contributed by atoms with Crippen LogP contribution in [0.25, 0.3) is 0 Å². The molecule has 0 fully saturated rings. The van der Waals surface area contributed by atoms with Crippen LogP contribution in [0.5, 0.6) is 23.0 Å². The molecule has 37 heavy (non-hydrogen) atoms. The van der Waals surface area contributed by atoms with Gasteiger partial charge < -0.3 is 24.4 Å². The molecule has 2 N–H and O–H groups in total. The van der Waals surface area contributed by atoms with Gasteiger partial charge in [0.15, 0.2) is 28.8 Å². The highest BCUT2D eigenvalue weighted by atomic mass is 16.5. The number of aromatic hydroxyl groups is 1. The third kappa shape index (κ3) is 4.41. The molecule has 2 atom stereocenters. The molecule has 0 aromatic heterocycles. The van der Waals surface area contributed by atoms with Crippen molar-refractivity contribution in [2.24, 2.45) is 0 Å². The van der Waals surface area contributed by atoms with E-state index in [4.69, 9.17) is 14.2 Å². The Morgan fingerprint density at radius 3 is 1.92 bits per heavy atom. The van der Waals surface area contributed by atoms with Gasteiger partial charge in [0.2, 0.25) is 0 Å². The molecule has 6 nitrogen and oxygen atoms in total. The van der Waals surface area contributed by atoms with Gasteiger partial charge in [-0.3, -0.25) is 4.79 Å². The number of para-hydroxylation sites is 2. The molecule has 4 aromatic rings. The smallest absolute Gasteiger partial charge is 0.193 e. The van der Waals surface area contributed by atoms with Gasteiger partial charge in [-0.25, -0.2) is 0 Å². The van der Waals surface area contributed by atoms with Gasteiger partial charge in [0.25, 0.3) is 0 Å². The highest BCUT2D eigenvalue weighted by Gasteiger charge is 2.41. The largest absolute Gasteiger partial charge is 0.504 e. The first kappa shape index (κ1) is 24.4. The summed E-state index contributed by atoms with van der Waals surface area (Å²) >= 11 is 0. The Morgan fingerprint density at radius 1 is 0.757 bits per heavy atom. The minimum absolute atomic E-state index is 0.0100. The number of aliphatic hydroxyl groups excluding tert-OH is 1. The SMILES string of the molecule is COc1cc([C@H](C2c3ccccc3C(=O)c3ccccc32)[C@@H](CO)Oc2ccccc2OC)ccc1O. The molecule has 4 aromatic carbocycles. The number of ketones is 1. The molecule has 0 aliphatic heterocycles. The number of fused-ring (bicyclic) bond motifs is 2. The average Bonchev–Trinajstić information content (AvgIpc) is 2.95. The molecule has 0 saturated carbocycles. The van der Waals surface area contributed by atoms with E-state index in [2.05, 4.69) is 0 Å². The van der Waals surface area contributed by atoms with Crippen molar-refractivity contribution in [3.05, 3.63) is 119 Å². The van der Waals surface area contributed by atoms with Gasteiger partial charge in [0, 0.05) is 23.0 Å². The summed E-state index contributed by atoms with van der Waals surface area (Å²) in [4.78, 5) is 13.4. The molecule has 0 amide bonds. The summed E-state index contributed by atoms with van der Waals surface area (Å²) in [5.41, 5.74) is 3.73. The first-order chi connectivity index (χ1) is 18.1. The summed E-state index contributed by atoms with van der Waals surface area (Å²) in [6.45, 7) is -0.305. The Hall–Kier alpha value is -4.29. The van der Waals surface area contributed by atoms with Crippen molar-refractivity contribution in [3.63, 3.8) is 0 Å². The molecule has 0 spiro atoms. The van der Waals surface area contributed by atoms with Crippen LogP contribution in [0.1, 0.15) is 44.4 Å². The van der Waals surface area contributed by atoms with Crippen molar-refractivity contribution >= 4 is 5.78 Å². The number of rotatable bonds is 8. The number of methoxy groups -OCH3 is 2. The molecule has 0 bridgehead atoms. The van der Waals surface area contributed by atoms with Crippen LogP contribution in [0.4, 0.5) is 0 Å². The van der Waals surface area contributed by atoms with E-state index in [0.717, 1.165) is 16.7 Å². The summed E-state index contributed by atoms with van der Waals surface area (Å²) < 4.78 is 17.4.